The minimum atomic E-state index is 0.868. The summed E-state index contributed by atoms with van der Waals surface area (Å²) in [5.74, 6) is 0.996. The third-order valence-electron chi connectivity index (χ3n) is 2.97. The summed E-state index contributed by atoms with van der Waals surface area (Å²) < 4.78 is 0. The first-order valence-electron chi connectivity index (χ1n) is 6.49. The van der Waals surface area contributed by atoms with Crippen LogP contribution in [-0.4, -0.2) is 21.8 Å². The molecule has 1 aromatic carbocycles. The smallest absolute Gasteiger partial charge is 0.132 e. The lowest BCUT2D eigenvalue weighted by Crippen LogP contribution is -2.26. The number of benzene rings is 1. The molecule has 1 aromatic heterocycles. The van der Waals surface area contributed by atoms with E-state index >= 15 is 0 Å². The van der Waals surface area contributed by atoms with Crippen LogP contribution in [0.25, 0.3) is 0 Å². The first-order valence-corrected chi connectivity index (χ1v) is 7.61. The second kappa shape index (κ2) is 7.24. The average molecular weight is 320 g/mol. The molecule has 0 aliphatic carbocycles. The molecule has 4 heteroatoms. The highest BCUT2D eigenvalue weighted by atomic mass is 79.9. The van der Waals surface area contributed by atoms with Gasteiger partial charge in [0.15, 0.2) is 0 Å². The summed E-state index contributed by atoms with van der Waals surface area (Å²) in [6.07, 6.45) is 2.59. The Balaban J connectivity index is 2.19. The summed E-state index contributed by atoms with van der Waals surface area (Å²) in [6, 6.07) is 12.5. The van der Waals surface area contributed by atoms with Crippen molar-refractivity contribution in [1.29, 1.82) is 0 Å². The number of anilines is 1. The van der Waals surface area contributed by atoms with Crippen molar-refractivity contribution < 1.29 is 0 Å². The SMILES string of the molecule is CCc1cc(N(CCBr)Cc2ccccc2)ncn1. The quantitative estimate of drug-likeness (QED) is 0.764. The van der Waals surface area contributed by atoms with Crippen molar-refractivity contribution in [3.05, 3.63) is 54.0 Å². The van der Waals surface area contributed by atoms with Crippen LogP contribution in [0.2, 0.25) is 0 Å². The number of rotatable bonds is 6. The monoisotopic (exact) mass is 319 g/mol. The number of aromatic nitrogens is 2. The molecule has 0 radical (unpaired) electrons. The highest BCUT2D eigenvalue weighted by Crippen LogP contribution is 2.15. The molecule has 0 N–H and O–H groups in total. The summed E-state index contributed by atoms with van der Waals surface area (Å²) in [5.41, 5.74) is 2.37. The molecular weight excluding hydrogens is 302 g/mol. The van der Waals surface area contributed by atoms with Crippen LogP contribution in [0.15, 0.2) is 42.7 Å². The van der Waals surface area contributed by atoms with Gasteiger partial charge in [0.1, 0.15) is 12.1 Å². The van der Waals surface area contributed by atoms with Crippen molar-refractivity contribution in [2.45, 2.75) is 19.9 Å². The van der Waals surface area contributed by atoms with Crippen molar-refractivity contribution in [3.8, 4) is 0 Å². The molecule has 0 fully saturated rings. The second-order valence-electron chi connectivity index (χ2n) is 4.32. The second-order valence-corrected chi connectivity index (χ2v) is 5.11. The van der Waals surface area contributed by atoms with Gasteiger partial charge in [-0.25, -0.2) is 9.97 Å². The fraction of sp³-hybridized carbons (Fsp3) is 0.333. The molecule has 0 unspecified atom stereocenters. The van der Waals surface area contributed by atoms with Gasteiger partial charge in [-0.3, -0.25) is 0 Å². The number of hydrogen-bond acceptors (Lipinski definition) is 3. The molecule has 1 heterocycles. The third kappa shape index (κ3) is 4.03. The Kier molecular flexibility index (Phi) is 5.33. The highest BCUT2D eigenvalue weighted by Gasteiger charge is 2.09. The molecule has 2 aromatic rings. The van der Waals surface area contributed by atoms with Crippen LogP contribution in [0.1, 0.15) is 18.2 Å². The van der Waals surface area contributed by atoms with Crippen molar-refractivity contribution in [3.63, 3.8) is 0 Å². The highest BCUT2D eigenvalue weighted by molar-refractivity contribution is 9.09. The molecule has 2 rings (SSSR count). The first-order chi connectivity index (χ1) is 9.33. The van der Waals surface area contributed by atoms with Gasteiger partial charge in [0, 0.05) is 30.2 Å². The van der Waals surface area contributed by atoms with E-state index in [0.717, 1.165) is 36.4 Å². The van der Waals surface area contributed by atoms with Crippen LogP contribution in [0.5, 0.6) is 0 Å². The lowest BCUT2D eigenvalue weighted by molar-refractivity contribution is 0.811. The first kappa shape index (κ1) is 14.0. The fourth-order valence-electron chi connectivity index (χ4n) is 1.93. The van der Waals surface area contributed by atoms with Crippen LogP contribution in [-0.2, 0) is 13.0 Å². The Morgan fingerprint density at radius 3 is 2.63 bits per heavy atom. The van der Waals surface area contributed by atoms with Gasteiger partial charge in [-0.1, -0.05) is 53.2 Å². The summed E-state index contributed by atoms with van der Waals surface area (Å²) in [7, 11) is 0. The van der Waals surface area contributed by atoms with E-state index < -0.39 is 0 Å². The van der Waals surface area contributed by atoms with E-state index in [2.05, 4.69) is 68.1 Å². The number of hydrogen-bond donors (Lipinski definition) is 0. The molecule has 0 aliphatic rings. The van der Waals surface area contributed by atoms with E-state index in [1.807, 2.05) is 6.07 Å². The Morgan fingerprint density at radius 1 is 1.16 bits per heavy atom. The van der Waals surface area contributed by atoms with E-state index in [4.69, 9.17) is 0 Å². The van der Waals surface area contributed by atoms with Gasteiger partial charge in [0.2, 0.25) is 0 Å². The minimum Gasteiger partial charge on any atom is -0.351 e. The third-order valence-corrected chi connectivity index (χ3v) is 3.32. The van der Waals surface area contributed by atoms with Gasteiger partial charge in [-0.2, -0.15) is 0 Å². The van der Waals surface area contributed by atoms with Gasteiger partial charge in [-0.15, -0.1) is 0 Å². The maximum absolute atomic E-state index is 4.40. The Morgan fingerprint density at radius 2 is 1.95 bits per heavy atom. The summed E-state index contributed by atoms with van der Waals surface area (Å²) in [6.45, 7) is 3.90. The van der Waals surface area contributed by atoms with Crippen molar-refractivity contribution >= 4 is 21.7 Å². The van der Waals surface area contributed by atoms with Gasteiger partial charge >= 0.3 is 0 Å². The zero-order valence-electron chi connectivity index (χ0n) is 11.1. The molecule has 0 amide bonds. The van der Waals surface area contributed by atoms with Crippen LogP contribution in [0, 0.1) is 0 Å². The van der Waals surface area contributed by atoms with Crippen molar-refractivity contribution in [2.75, 3.05) is 16.8 Å². The molecule has 0 saturated heterocycles. The molecule has 19 heavy (non-hydrogen) atoms. The normalized spacial score (nSPS) is 10.4. The Hall–Kier alpha value is -1.42. The van der Waals surface area contributed by atoms with E-state index in [-0.39, 0.29) is 0 Å². The summed E-state index contributed by atoms with van der Waals surface area (Å²) >= 11 is 3.51. The Bertz CT molecular complexity index is 502. The summed E-state index contributed by atoms with van der Waals surface area (Å²) in [4.78, 5) is 10.9. The summed E-state index contributed by atoms with van der Waals surface area (Å²) in [5, 5.41) is 0.922. The number of aryl methyl sites for hydroxylation is 1. The van der Waals surface area contributed by atoms with Crippen LogP contribution >= 0.6 is 15.9 Å². The molecule has 0 spiro atoms. The molecule has 0 bridgehead atoms. The predicted molar refractivity (Wildman–Crippen MR) is 82.7 cm³/mol. The maximum atomic E-state index is 4.40. The predicted octanol–water partition coefficient (Wildman–Crippen LogP) is 3.44. The fourth-order valence-corrected chi connectivity index (χ4v) is 2.36. The standard InChI is InChI=1S/C15H18BrN3/c1-2-14-10-15(18-12-17-14)19(9-8-16)11-13-6-4-3-5-7-13/h3-7,10,12H,2,8-9,11H2,1H3. The van der Waals surface area contributed by atoms with Crippen LogP contribution in [0.3, 0.4) is 0 Å². The van der Waals surface area contributed by atoms with Crippen LogP contribution < -0.4 is 4.90 Å². The van der Waals surface area contributed by atoms with Gasteiger partial charge < -0.3 is 4.90 Å². The minimum absolute atomic E-state index is 0.868. The number of nitrogens with zero attached hydrogens (tertiary/aromatic N) is 3. The lowest BCUT2D eigenvalue weighted by atomic mass is 10.2. The van der Waals surface area contributed by atoms with E-state index in [0.29, 0.717) is 0 Å². The van der Waals surface area contributed by atoms with E-state index in [1.165, 1.54) is 5.56 Å². The van der Waals surface area contributed by atoms with Crippen molar-refractivity contribution in [1.82, 2.24) is 9.97 Å². The molecule has 0 aliphatic heterocycles. The largest absolute Gasteiger partial charge is 0.351 e. The van der Waals surface area contributed by atoms with Crippen molar-refractivity contribution in [2.24, 2.45) is 0 Å². The van der Waals surface area contributed by atoms with E-state index in [9.17, 15) is 0 Å². The molecule has 0 atom stereocenters. The zero-order chi connectivity index (χ0) is 13.5. The van der Waals surface area contributed by atoms with Gasteiger partial charge in [-0.05, 0) is 12.0 Å². The lowest BCUT2D eigenvalue weighted by Gasteiger charge is -2.23. The molecular formula is C15H18BrN3. The average Bonchev–Trinajstić information content (AvgIpc) is 2.48. The van der Waals surface area contributed by atoms with Crippen LogP contribution in [0.4, 0.5) is 5.82 Å². The number of halogens is 1. The van der Waals surface area contributed by atoms with Gasteiger partial charge in [0.25, 0.3) is 0 Å². The Labute approximate surface area is 122 Å². The molecule has 3 nitrogen and oxygen atoms in total. The molecule has 0 saturated carbocycles. The van der Waals surface area contributed by atoms with Gasteiger partial charge in [0.05, 0.1) is 0 Å². The zero-order valence-corrected chi connectivity index (χ0v) is 12.7. The maximum Gasteiger partial charge on any atom is 0.132 e. The molecule has 100 valence electrons. The van der Waals surface area contributed by atoms with E-state index in [1.54, 1.807) is 6.33 Å². The topological polar surface area (TPSA) is 29.0 Å². The number of alkyl halides is 1.